The highest BCUT2D eigenvalue weighted by molar-refractivity contribution is 7.89. The number of azide groups is 1. The average molecular weight is 330 g/mol. The van der Waals surface area contributed by atoms with E-state index in [-0.39, 0.29) is 4.90 Å². The van der Waals surface area contributed by atoms with Crippen molar-refractivity contribution in [3.63, 3.8) is 0 Å². The van der Waals surface area contributed by atoms with Crippen LogP contribution in [0.15, 0.2) is 64.6 Å². The molecule has 0 aromatic heterocycles. The molecule has 0 saturated heterocycles. The van der Waals surface area contributed by atoms with Crippen molar-refractivity contribution in [3.05, 3.63) is 76.2 Å². The molecule has 0 saturated carbocycles. The van der Waals surface area contributed by atoms with Gasteiger partial charge in [-0.15, -0.1) is 0 Å². The summed E-state index contributed by atoms with van der Waals surface area (Å²) < 4.78 is 27.5. The second kappa shape index (κ2) is 7.28. The first-order valence-corrected chi connectivity index (χ1v) is 8.60. The zero-order valence-electron chi connectivity index (χ0n) is 12.9. The summed E-state index contributed by atoms with van der Waals surface area (Å²) >= 11 is 0. The predicted octanol–water partition coefficient (Wildman–Crippen LogP) is 3.71. The van der Waals surface area contributed by atoms with Crippen LogP contribution in [0.5, 0.6) is 0 Å². The average Bonchev–Trinajstić information content (AvgIpc) is 2.53. The SMILES string of the molecule is Cc1ccc(S(=O)(=O)N[C@H](C)[C@@H](N=[N+]=[N-])c2ccccc2)cc1. The molecule has 0 unspecified atom stereocenters. The Morgan fingerprint density at radius 1 is 1.09 bits per heavy atom. The molecule has 120 valence electrons. The van der Waals surface area contributed by atoms with Gasteiger partial charge in [0.2, 0.25) is 10.0 Å². The van der Waals surface area contributed by atoms with Gasteiger partial charge in [-0.05, 0) is 37.1 Å². The number of rotatable bonds is 6. The molecule has 0 heterocycles. The molecule has 0 fully saturated rings. The van der Waals surface area contributed by atoms with Gasteiger partial charge in [0.15, 0.2) is 0 Å². The van der Waals surface area contributed by atoms with Gasteiger partial charge in [0, 0.05) is 11.0 Å². The van der Waals surface area contributed by atoms with E-state index >= 15 is 0 Å². The van der Waals surface area contributed by atoms with Crippen molar-refractivity contribution < 1.29 is 8.42 Å². The van der Waals surface area contributed by atoms with E-state index < -0.39 is 22.1 Å². The molecule has 2 rings (SSSR count). The highest BCUT2D eigenvalue weighted by Gasteiger charge is 2.24. The summed E-state index contributed by atoms with van der Waals surface area (Å²) in [4.78, 5) is 3.02. The molecule has 2 atom stereocenters. The lowest BCUT2D eigenvalue weighted by Crippen LogP contribution is -2.36. The summed E-state index contributed by atoms with van der Waals surface area (Å²) in [6, 6.07) is 14.4. The molecule has 0 amide bonds. The fourth-order valence-corrected chi connectivity index (χ4v) is 3.50. The molecular formula is C16H18N4O2S. The largest absolute Gasteiger partial charge is 0.240 e. The van der Waals surface area contributed by atoms with Crippen molar-refractivity contribution in [2.24, 2.45) is 5.11 Å². The first kappa shape index (κ1) is 17.0. The summed E-state index contributed by atoms with van der Waals surface area (Å²) in [5.41, 5.74) is 10.5. The molecular weight excluding hydrogens is 312 g/mol. The van der Waals surface area contributed by atoms with Gasteiger partial charge in [-0.1, -0.05) is 53.1 Å². The molecule has 2 aromatic rings. The highest BCUT2D eigenvalue weighted by Crippen LogP contribution is 2.23. The van der Waals surface area contributed by atoms with Crippen molar-refractivity contribution >= 4 is 10.0 Å². The van der Waals surface area contributed by atoms with Crippen LogP contribution in [0.2, 0.25) is 0 Å². The quantitative estimate of drug-likeness (QED) is 0.496. The molecule has 7 heteroatoms. The van der Waals surface area contributed by atoms with E-state index in [1.807, 2.05) is 25.1 Å². The van der Waals surface area contributed by atoms with Crippen molar-refractivity contribution in [1.29, 1.82) is 0 Å². The third-order valence-corrected chi connectivity index (χ3v) is 5.04. The van der Waals surface area contributed by atoms with Crippen LogP contribution in [0.3, 0.4) is 0 Å². The Balaban J connectivity index is 2.26. The van der Waals surface area contributed by atoms with Crippen LogP contribution in [0.1, 0.15) is 24.1 Å². The van der Waals surface area contributed by atoms with E-state index in [0.29, 0.717) is 0 Å². The van der Waals surface area contributed by atoms with Gasteiger partial charge >= 0.3 is 0 Å². The Labute approximate surface area is 135 Å². The van der Waals surface area contributed by atoms with Crippen LogP contribution in [0.25, 0.3) is 10.4 Å². The summed E-state index contributed by atoms with van der Waals surface area (Å²) in [6.45, 7) is 3.57. The van der Waals surface area contributed by atoms with Crippen molar-refractivity contribution in [2.45, 2.75) is 30.8 Å². The van der Waals surface area contributed by atoms with Crippen LogP contribution in [0, 0.1) is 6.92 Å². The van der Waals surface area contributed by atoms with E-state index in [4.69, 9.17) is 5.53 Å². The fourth-order valence-electron chi connectivity index (χ4n) is 2.26. The predicted molar refractivity (Wildman–Crippen MR) is 89.3 cm³/mol. The maximum absolute atomic E-state index is 12.4. The summed E-state index contributed by atoms with van der Waals surface area (Å²) in [5.74, 6) is 0. The van der Waals surface area contributed by atoms with E-state index in [2.05, 4.69) is 14.7 Å². The minimum atomic E-state index is -3.68. The lowest BCUT2D eigenvalue weighted by molar-refractivity contribution is 0.514. The molecule has 0 aliphatic carbocycles. The lowest BCUT2D eigenvalue weighted by Gasteiger charge is -2.21. The maximum atomic E-state index is 12.4. The zero-order valence-corrected chi connectivity index (χ0v) is 13.7. The van der Waals surface area contributed by atoms with Crippen molar-refractivity contribution in [3.8, 4) is 0 Å². The summed E-state index contributed by atoms with van der Waals surface area (Å²) in [5, 5.41) is 3.74. The van der Waals surface area contributed by atoms with Crippen LogP contribution in [-0.4, -0.2) is 14.5 Å². The number of benzene rings is 2. The zero-order chi connectivity index (χ0) is 16.9. The van der Waals surface area contributed by atoms with E-state index in [9.17, 15) is 8.42 Å². The Morgan fingerprint density at radius 3 is 2.26 bits per heavy atom. The molecule has 23 heavy (non-hydrogen) atoms. The Kier molecular flexibility index (Phi) is 5.39. The van der Waals surface area contributed by atoms with Gasteiger partial charge in [-0.25, -0.2) is 13.1 Å². The van der Waals surface area contributed by atoms with Gasteiger partial charge in [-0.2, -0.15) is 0 Å². The van der Waals surface area contributed by atoms with Crippen molar-refractivity contribution in [1.82, 2.24) is 4.72 Å². The van der Waals surface area contributed by atoms with Crippen molar-refractivity contribution in [2.75, 3.05) is 0 Å². The minimum Gasteiger partial charge on any atom is -0.208 e. The molecule has 0 aliphatic heterocycles. The molecule has 1 N–H and O–H groups in total. The third-order valence-electron chi connectivity index (χ3n) is 3.46. The van der Waals surface area contributed by atoms with Gasteiger partial charge in [-0.3, -0.25) is 0 Å². The Morgan fingerprint density at radius 2 is 1.70 bits per heavy atom. The van der Waals surface area contributed by atoms with Gasteiger partial charge < -0.3 is 0 Å². The number of sulfonamides is 1. The highest BCUT2D eigenvalue weighted by atomic mass is 32.2. The van der Waals surface area contributed by atoms with Gasteiger partial charge in [0.25, 0.3) is 0 Å². The second-order valence-corrected chi connectivity index (χ2v) is 7.00. The third kappa shape index (κ3) is 4.32. The minimum absolute atomic E-state index is 0.183. The number of nitrogens with one attached hydrogen (secondary N) is 1. The topological polar surface area (TPSA) is 94.9 Å². The Bertz CT molecular complexity index is 798. The summed E-state index contributed by atoms with van der Waals surface area (Å²) in [6.07, 6.45) is 0. The molecule has 0 radical (unpaired) electrons. The number of hydrogen-bond acceptors (Lipinski definition) is 3. The molecule has 0 aliphatic rings. The van der Waals surface area contributed by atoms with Crippen LogP contribution in [0.4, 0.5) is 0 Å². The standard InChI is InChI=1S/C16H18N4O2S/c1-12-8-10-15(11-9-12)23(21,22)19-13(2)16(18-20-17)14-6-4-3-5-7-14/h3-11,13,16,19H,1-2H3/t13-,16-/m1/s1. The number of aryl methyl sites for hydroxylation is 1. The van der Waals surface area contributed by atoms with Crippen LogP contribution in [-0.2, 0) is 10.0 Å². The van der Waals surface area contributed by atoms with E-state index in [1.54, 1.807) is 43.3 Å². The normalized spacial score (nSPS) is 13.8. The maximum Gasteiger partial charge on any atom is 0.240 e. The summed E-state index contributed by atoms with van der Waals surface area (Å²) in [7, 11) is -3.68. The van der Waals surface area contributed by atoms with Crippen LogP contribution < -0.4 is 4.72 Å². The second-order valence-electron chi connectivity index (χ2n) is 5.28. The smallest absolute Gasteiger partial charge is 0.208 e. The first-order chi connectivity index (χ1) is 10.9. The van der Waals surface area contributed by atoms with Gasteiger partial charge in [0.05, 0.1) is 10.9 Å². The molecule has 6 nitrogen and oxygen atoms in total. The van der Waals surface area contributed by atoms with Gasteiger partial charge in [0.1, 0.15) is 0 Å². The number of hydrogen-bond donors (Lipinski definition) is 1. The van der Waals surface area contributed by atoms with E-state index in [1.165, 1.54) is 0 Å². The molecule has 0 bridgehead atoms. The van der Waals surface area contributed by atoms with Crippen LogP contribution >= 0.6 is 0 Å². The molecule has 0 spiro atoms. The number of nitrogens with zero attached hydrogens (tertiary/aromatic N) is 3. The monoisotopic (exact) mass is 330 g/mol. The Hall–Kier alpha value is -2.34. The van der Waals surface area contributed by atoms with E-state index in [0.717, 1.165) is 11.1 Å². The molecule has 2 aromatic carbocycles. The first-order valence-electron chi connectivity index (χ1n) is 7.12. The lowest BCUT2D eigenvalue weighted by atomic mass is 10.0. The fraction of sp³-hybridized carbons (Fsp3) is 0.250.